The molecule has 6 heteroatoms. The Hall–Kier alpha value is -1.82. The summed E-state index contributed by atoms with van der Waals surface area (Å²) in [6.45, 7) is 0. The first-order valence-corrected chi connectivity index (χ1v) is 5.69. The molecule has 2 aromatic rings. The molecule has 0 fully saturated rings. The summed E-state index contributed by atoms with van der Waals surface area (Å²) < 4.78 is 17.9. The van der Waals surface area contributed by atoms with Gasteiger partial charge in [-0.3, -0.25) is 0 Å². The average Bonchev–Trinajstić information content (AvgIpc) is 2.80. The molecule has 0 aliphatic carbocycles. The van der Waals surface area contributed by atoms with Crippen LogP contribution in [0.2, 0.25) is 0 Å². The van der Waals surface area contributed by atoms with E-state index in [0.717, 1.165) is 6.07 Å². The minimum absolute atomic E-state index is 0.0379. The van der Waals surface area contributed by atoms with Gasteiger partial charge in [-0.2, -0.15) is 0 Å². The molecule has 0 bridgehead atoms. The van der Waals surface area contributed by atoms with Crippen molar-refractivity contribution in [1.29, 1.82) is 0 Å². The van der Waals surface area contributed by atoms with Gasteiger partial charge < -0.3 is 9.52 Å². The maximum Gasteiger partial charge on any atom is 0.336 e. The molecule has 4 nitrogen and oxygen atoms in total. The van der Waals surface area contributed by atoms with E-state index in [-0.39, 0.29) is 5.56 Å². The number of carboxylic acid groups (broad SMARTS) is 1. The molecule has 1 aromatic heterocycles. The fraction of sp³-hybridized carbons (Fsp3) is 0.0909. The van der Waals surface area contributed by atoms with Gasteiger partial charge >= 0.3 is 5.97 Å². The lowest BCUT2D eigenvalue weighted by Crippen LogP contribution is -2.02. The van der Waals surface area contributed by atoms with Gasteiger partial charge in [-0.25, -0.2) is 14.2 Å². The number of nitrogens with zero attached hydrogens (tertiary/aromatic N) is 1. The van der Waals surface area contributed by atoms with Gasteiger partial charge in [0.2, 0.25) is 0 Å². The van der Waals surface area contributed by atoms with E-state index in [1.54, 1.807) is 0 Å². The second kappa shape index (κ2) is 5.01. The predicted molar refractivity (Wildman–Crippen MR) is 59.4 cm³/mol. The number of benzene rings is 1. The molecular weight excluding hydrogens is 245 g/mol. The van der Waals surface area contributed by atoms with Crippen LogP contribution in [0.4, 0.5) is 4.39 Å². The topological polar surface area (TPSA) is 63.3 Å². The maximum atomic E-state index is 12.9. The highest BCUT2D eigenvalue weighted by Gasteiger charge is 2.12. The van der Waals surface area contributed by atoms with Crippen LogP contribution < -0.4 is 0 Å². The number of oxazole rings is 1. The van der Waals surface area contributed by atoms with Crippen LogP contribution in [0.1, 0.15) is 15.9 Å². The number of carboxylic acids is 1. The third-order valence-corrected chi connectivity index (χ3v) is 2.97. The molecule has 88 valence electrons. The Morgan fingerprint density at radius 2 is 2.35 bits per heavy atom. The van der Waals surface area contributed by atoms with Crippen LogP contribution in [-0.2, 0) is 5.75 Å². The third-order valence-electron chi connectivity index (χ3n) is 2.06. The first-order valence-electron chi connectivity index (χ1n) is 4.71. The number of hydrogen-bond donors (Lipinski definition) is 1. The first-order chi connectivity index (χ1) is 8.16. The van der Waals surface area contributed by atoms with E-state index in [2.05, 4.69) is 4.98 Å². The standard InChI is InChI=1S/C11H8FNO3S/c12-8-2-1-7(9(5-8)10(14)15)6-17-11-13-3-4-16-11/h1-5H,6H2,(H,14,15). The van der Waals surface area contributed by atoms with E-state index < -0.39 is 11.8 Å². The minimum Gasteiger partial charge on any atom is -0.478 e. The van der Waals surface area contributed by atoms with Crippen molar-refractivity contribution in [2.24, 2.45) is 0 Å². The zero-order chi connectivity index (χ0) is 12.3. The Bertz CT molecular complexity index is 528. The summed E-state index contributed by atoms with van der Waals surface area (Å²) in [6.07, 6.45) is 2.94. The number of carbonyl (C=O) groups is 1. The molecule has 0 aliphatic rings. The van der Waals surface area contributed by atoms with Crippen molar-refractivity contribution >= 4 is 17.7 Å². The number of aromatic nitrogens is 1. The monoisotopic (exact) mass is 253 g/mol. The quantitative estimate of drug-likeness (QED) is 0.849. The van der Waals surface area contributed by atoms with Crippen molar-refractivity contribution in [1.82, 2.24) is 4.98 Å². The Labute approximate surface area is 100 Å². The molecule has 1 aromatic carbocycles. The molecular formula is C11H8FNO3S. The second-order valence-corrected chi connectivity index (χ2v) is 4.12. The molecule has 0 saturated heterocycles. The number of hydrogen-bond acceptors (Lipinski definition) is 4. The van der Waals surface area contributed by atoms with Crippen LogP contribution in [0.3, 0.4) is 0 Å². The van der Waals surface area contributed by atoms with E-state index in [0.29, 0.717) is 16.5 Å². The molecule has 1 N–H and O–H groups in total. The van der Waals surface area contributed by atoms with Crippen molar-refractivity contribution in [2.45, 2.75) is 11.0 Å². The molecule has 1 heterocycles. The predicted octanol–water partition coefficient (Wildman–Crippen LogP) is 2.80. The molecule has 0 aliphatic heterocycles. The number of thioether (sulfide) groups is 1. The first kappa shape index (κ1) is 11.7. The third kappa shape index (κ3) is 2.85. The second-order valence-electron chi connectivity index (χ2n) is 3.19. The lowest BCUT2D eigenvalue weighted by Gasteiger charge is -2.04. The Morgan fingerprint density at radius 3 is 3.00 bits per heavy atom. The van der Waals surface area contributed by atoms with Crippen molar-refractivity contribution in [2.75, 3.05) is 0 Å². The van der Waals surface area contributed by atoms with Gasteiger partial charge in [-0.15, -0.1) is 0 Å². The molecule has 0 amide bonds. The summed E-state index contributed by atoms with van der Waals surface area (Å²) in [5.41, 5.74) is 0.492. The SMILES string of the molecule is O=C(O)c1cc(F)ccc1CSc1ncco1. The van der Waals surface area contributed by atoms with Gasteiger partial charge in [-0.1, -0.05) is 17.8 Å². The fourth-order valence-corrected chi connectivity index (χ4v) is 2.08. The van der Waals surface area contributed by atoms with Gasteiger partial charge in [-0.05, 0) is 17.7 Å². The zero-order valence-corrected chi connectivity index (χ0v) is 9.41. The highest BCUT2D eigenvalue weighted by molar-refractivity contribution is 7.98. The minimum atomic E-state index is -1.15. The van der Waals surface area contributed by atoms with Crippen molar-refractivity contribution in [3.63, 3.8) is 0 Å². The molecule has 0 spiro atoms. The molecule has 2 rings (SSSR count). The molecule has 0 radical (unpaired) electrons. The number of aromatic carboxylic acids is 1. The van der Waals surface area contributed by atoms with Crippen LogP contribution in [0.15, 0.2) is 40.3 Å². The largest absolute Gasteiger partial charge is 0.478 e. The summed E-state index contributed by atoms with van der Waals surface area (Å²) in [5, 5.41) is 9.38. The fourth-order valence-electron chi connectivity index (χ4n) is 1.29. The summed E-state index contributed by atoms with van der Waals surface area (Å²) >= 11 is 1.25. The zero-order valence-electron chi connectivity index (χ0n) is 8.59. The van der Waals surface area contributed by atoms with Gasteiger partial charge in [0.1, 0.15) is 12.1 Å². The van der Waals surface area contributed by atoms with E-state index in [4.69, 9.17) is 9.52 Å². The molecule has 0 atom stereocenters. The van der Waals surface area contributed by atoms with Crippen LogP contribution >= 0.6 is 11.8 Å². The summed E-state index contributed by atoms with van der Waals surface area (Å²) in [5.74, 6) is -1.35. The Balaban J connectivity index is 2.17. The van der Waals surface area contributed by atoms with Gasteiger partial charge in [0, 0.05) is 5.75 Å². The van der Waals surface area contributed by atoms with Crippen molar-refractivity contribution < 1.29 is 18.7 Å². The normalized spacial score (nSPS) is 10.4. The highest BCUT2D eigenvalue weighted by atomic mass is 32.2. The lowest BCUT2D eigenvalue weighted by atomic mass is 10.1. The lowest BCUT2D eigenvalue weighted by molar-refractivity contribution is 0.0695. The Morgan fingerprint density at radius 1 is 1.53 bits per heavy atom. The van der Waals surface area contributed by atoms with Gasteiger partial charge in [0.25, 0.3) is 5.22 Å². The Kier molecular flexibility index (Phi) is 3.43. The maximum absolute atomic E-state index is 12.9. The summed E-state index contributed by atoms with van der Waals surface area (Å²) in [7, 11) is 0. The van der Waals surface area contributed by atoms with Crippen LogP contribution in [0.25, 0.3) is 0 Å². The van der Waals surface area contributed by atoms with E-state index >= 15 is 0 Å². The number of rotatable bonds is 4. The molecule has 0 saturated carbocycles. The number of halogens is 1. The van der Waals surface area contributed by atoms with Crippen LogP contribution in [0, 0.1) is 5.82 Å². The smallest absolute Gasteiger partial charge is 0.336 e. The van der Waals surface area contributed by atoms with Crippen molar-refractivity contribution in [3.8, 4) is 0 Å². The summed E-state index contributed by atoms with van der Waals surface area (Å²) in [6, 6.07) is 3.69. The average molecular weight is 253 g/mol. The van der Waals surface area contributed by atoms with Gasteiger partial charge in [0.15, 0.2) is 0 Å². The van der Waals surface area contributed by atoms with Crippen LogP contribution in [-0.4, -0.2) is 16.1 Å². The highest BCUT2D eigenvalue weighted by Crippen LogP contribution is 2.23. The van der Waals surface area contributed by atoms with Crippen LogP contribution in [0.5, 0.6) is 0 Å². The molecule has 0 unspecified atom stereocenters. The van der Waals surface area contributed by atoms with E-state index in [1.165, 1.54) is 36.4 Å². The van der Waals surface area contributed by atoms with Crippen molar-refractivity contribution in [3.05, 3.63) is 47.6 Å². The summed E-state index contributed by atoms with van der Waals surface area (Å²) in [4.78, 5) is 14.8. The molecule has 17 heavy (non-hydrogen) atoms. The van der Waals surface area contributed by atoms with Gasteiger partial charge in [0.05, 0.1) is 11.8 Å². The van der Waals surface area contributed by atoms with E-state index in [1.807, 2.05) is 0 Å². The van der Waals surface area contributed by atoms with E-state index in [9.17, 15) is 9.18 Å².